The molecule has 0 aromatic heterocycles. The molecule has 3 nitrogen and oxygen atoms in total. The summed E-state index contributed by atoms with van der Waals surface area (Å²) in [5, 5.41) is 3.19. The van der Waals surface area contributed by atoms with Gasteiger partial charge in [-0.2, -0.15) is 0 Å². The van der Waals surface area contributed by atoms with E-state index in [0.717, 1.165) is 31.4 Å². The maximum Gasteiger partial charge on any atom is 0.123 e. The highest BCUT2D eigenvalue weighted by atomic mass is 16.5. The normalized spacial score (nSPS) is 17.3. The molecule has 1 aromatic carbocycles. The van der Waals surface area contributed by atoms with Crippen molar-refractivity contribution in [1.82, 2.24) is 10.2 Å². The van der Waals surface area contributed by atoms with Crippen LogP contribution in [0, 0.1) is 5.92 Å². The Balaban J connectivity index is 1.73. The molecule has 0 spiro atoms. The smallest absolute Gasteiger partial charge is 0.123 e. The molecule has 1 aliphatic heterocycles. The van der Waals surface area contributed by atoms with E-state index in [2.05, 4.69) is 35.3 Å². The van der Waals surface area contributed by atoms with Crippen LogP contribution in [0.1, 0.15) is 31.7 Å². The largest absolute Gasteiger partial charge is 0.492 e. The van der Waals surface area contributed by atoms with E-state index >= 15 is 0 Å². The van der Waals surface area contributed by atoms with Crippen molar-refractivity contribution in [2.75, 3.05) is 33.3 Å². The van der Waals surface area contributed by atoms with Crippen LogP contribution < -0.4 is 10.1 Å². The van der Waals surface area contributed by atoms with Crippen molar-refractivity contribution in [3.63, 3.8) is 0 Å². The molecule has 3 heteroatoms. The summed E-state index contributed by atoms with van der Waals surface area (Å²) in [5.41, 5.74) is 1.24. The molecule has 112 valence electrons. The number of piperidine rings is 1. The summed E-state index contributed by atoms with van der Waals surface area (Å²) in [6.07, 6.45) is 4.04. The van der Waals surface area contributed by atoms with Crippen LogP contribution in [0.2, 0.25) is 0 Å². The van der Waals surface area contributed by atoms with Crippen molar-refractivity contribution in [2.45, 2.75) is 32.7 Å². The van der Waals surface area contributed by atoms with Gasteiger partial charge in [0.2, 0.25) is 0 Å². The Morgan fingerprint density at radius 3 is 2.70 bits per heavy atom. The fourth-order valence-corrected chi connectivity index (χ4v) is 2.88. The van der Waals surface area contributed by atoms with Gasteiger partial charge in [0.25, 0.3) is 0 Å². The summed E-state index contributed by atoms with van der Waals surface area (Å²) in [6.45, 7) is 7.47. The van der Waals surface area contributed by atoms with Crippen LogP contribution in [0.5, 0.6) is 5.75 Å². The van der Waals surface area contributed by atoms with Crippen molar-refractivity contribution in [2.24, 2.45) is 5.92 Å². The first-order valence-corrected chi connectivity index (χ1v) is 7.91. The monoisotopic (exact) mass is 276 g/mol. The zero-order valence-electron chi connectivity index (χ0n) is 12.9. The van der Waals surface area contributed by atoms with Crippen molar-refractivity contribution >= 4 is 0 Å². The highest BCUT2D eigenvalue weighted by molar-refractivity contribution is 5.33. The van der Waals surface area contributed by atoms with Crippen molar-refractivity contribution in [1.29, 1.82) is 0 Å². The molecule has 0 radical (unpaired) electrons. The second-order valence-electron chi connectivity index (χ2n) is 5.68. The van der Waals surface area contributed by atoms with Crippen LogP contribution in [-0.2, 0) is 6.54 Å². The fourth-order valence-electron chi connectivity index (χ4n) is 2.88. The minimum atomic E-state index is 0.789. The topological polar surface area (TPSA) is 24.5 Å². The third kappa shape index (κ3) is 4.50. The number of nitrogens with zero attached hydrogens (tertiary/aromatic N) is 1. The van der Waals surface area contributed by atoms with Gasteiger partial charge in [0, 0.05) is 18.7 Å². The zero-order valence-corrected chi connectivity index (χ0v) is 12.9. The number of ether oxygens (including phenoxy) is 1. The van der Waals surface area contributed by atoms with Crippen LogP contribution in [0.25, 0.3) is 0 Å². The van der Waals surface area contributed by atoms with Crippen molar-refractivity contribution in [3.05, 3.63) is 29.8 Å². The first-order chi connectivity index (χ1) is 9.83. The first kappa shape index (κ1) is 15.3. The van der Waals surface area contributed by atoms with E-state index in [1.165, 1.54) is 37.9 Å². The number of para-hydroxylation sites is 1. The van der Waals surface area contributed by atoms with E-state index in [1.807, 2.05) is 13.1 Å². The minimum Gasteiger partial charge on any atom is -0.492 e. The summed E-state index contributed by atoms with van der Waals surface area (Å²) in [6, 6.07) is 8.30. The molecule has 0 bridgehead atoms. The molecule has 1 N–H and O–H groups in total. The van der Waals surface area contributed by atoms with Crippen LogP contribution in [0.4, 0.5) is 0 Å². The van der Waals surface area contributed by atoms with E-state index in [9.17, 15) is 0 Å². The molecule has 1 heterocycles. The second-order valence-corrected chi connectivity index (χ2v) is 5.68. The van der Waals surface area contributed by atoms with E-state index < -0.39 is 0 Å². The molecular formula is C17H28N2O. The predicted octanol–water partition coefficient (Wildman–Crippen LogP) is 2.91. The van der Waals surface area contributed by atoms with Gasteiger partial charge in [-0.05, 0) is 45.0 Å². The highest BCUT2D eigenvalue weighted by Crippen LogP contribution is 2.20. The Labute approximate surface area is 123 Å². The lowest BCUT2D eigenvalue weighted by atomic mass is 9.94. The number of benzene rings is 1. The van der Waals surface area contributed by atoms with Gasteiger partial charge in [0.05, 0.1) is 0 Å². The van der Waals surface area contributed by atoms with Gasteiger partial charge in [-0.3, -0.25) is 4.90 Å². The van der Waals surface area contributed by atoms with Gasteiger partial charge >= 0.3 is 0 Å². The molecule has 20 heavy (non-hydrogen) atoms. The lowest BCUT2D eigenvalue weighted by Crippen LogP contribution is -2.36. The molecule has 0 amide bonds. The van der Waals surface area contributed by atoms with E-state index in [-0.39, 0.29) is 0 Å². The van der Waals surface area contributed by atoms with Crippen molar-refractivity contribution in [3.8, 4) is 5.75 Å². The van der Waals surface area contributed by atoms with Gasteiger partial charge in [0.1, 0.15) is 12.4 Å². The average Bonchev–Trinajstić information content (AvgIpc) is 2.50. The van der Waals surface area contributed by atoms with E-state index in [0.29, 0.717) is 0 Å². The first-order valence-electron chi connectivity index (χ1n) is 7.91. The zero-order chi connectivity index (χ0) is 14.2. The third-order valence-corrected chi connectivity index (χ3v) is 4.29. The summed E-state index contributed by atoms with van der Waals surface area (Å²) in [5.74, 6) is 1.97. The quantitative estimate of drug-likeness (QED) is 0.829. The number of hydrogen-bond acceptors (Lipinski definition) is 3. The molecule has 1 aliphatic rings. The lowest BCUT2D eigenvalue weighted by Gasteiger charge is -2.31. The maximum absolute atomic E-state index is 5.96. The Morgan fingerprint density at radius 1 is 1.25 bits per heavy atom. The molecule has 1 fully saturated rings. The molecule has 1 aromatic rings. The second kappa shape index (κ2) is 8.28. The Kier molecular flexibility index (Phi) is 6.34. The maximum atomic E-state index is 5.96. The number of hydrogen-bond donors (Lipinski definition) is 1. The third-order valence-electron chi connectivity index (χ3n) is 4.29. The van der Waals surface area contributed by atoms with Crippen LogP contribution >= 0.6 is 0 Å². The molecule has 2 rings (SSSR count). The molecular weight excluding hydrogens is 248 g/mol. The minimum absolute atomic E-state index is 0.789. The summed E-state index contributed by atoms with van der Waals surface area (Å²) >= 11 is 0. The van der Waals surface area contributed by atoms with Gasteiger partial charge in [-0.1, -0.05) is 31.5 Å². The van der Waals surface area contributed by atoms with Crippen molar-refractivity contribution < 1.29 is 4.74 Å². The van der Waals surface area contributed by atoms with Gasteiger partial charge in [0.15, 0.2) is 0 Å². The molecule has 0 atom stereocenters. The van der Waals surface area contributed by atoms with Gasteiger partial charge in [-0.15, -0.1) is 0 Å². The lowest BCUT2D eigenvalue weighted by molar-refractivity contribution is 0.153. The number of likely N-dealkylation sites (tertiary alicyclic amines) is 1. The molecule has 0 saturated carbocycles. The molecule has 0 aliphatic carbocycles. The number of nitrogens with one attached hydrogen (secondary N) is 1. The Hall–Kier alpha value is -1.06. The predicted molar refractivity (Wildman–Crippen MR) is 84.2 cm³/mol. The highest BCUT2D eigenvalue weighted by Gasteiger charge is 2.17. The van der Waals surface area contributed by atoms with E-state index in [4.69, 9.17) is 4.74 Å². The van der Waals surface area contributed by atoms with Crippen LogP contribution in [0.3, 0.4) is 0 Å². The SMILES string of the molecule is CCC1CCN(CCOc2ccccc2CNC)CC1. The van der Waals surface area contributed by atoms with Crippen LogP contribution in [0.15, 0.2) is 24.3 Å². The summed E-state index contributed by atoms with van der Waals surface area (Å²) < 4.78 is 5.96. The Bertz CT molecular complexity index is 386. The summed E-state index contributed by atoms with van der Waals surface area (Å²) in [4.78, 5) is 2.53. The summed E-state index contributed by atoms with van der Waals surface area (Å²) in [7, 11) is 1.97. The number of rotatable bonds is 7. The van der Waals surface area contributed by atoms with Gasteiger partial charge in [-0.25, -0.2) is 0 Å². The van der Waals surface area contributed by atoms with Gasteiger partial charge < -0.3 is 10.1 Å². The molecule has 1 saturated heterocycles. The van der Waals surface area contributed by atoms with E-state index in [1.54, 1.807) is 0 Å². The average molecular weight is 276 g/mol. The standard InChI is InChI=1S/C17H28N2O/c1-3-15-8-10-19(11-9-15)12-13-20-17-7-5-4-6-16(17)14-18-2/h4-7,15,18H,3,8-14H2,1-2H3. The van der Waals surface area contributed by atoms with Crippen LogP contribution in [-0.4, -0.2) is 38.2 Å². The Morgan fingerprint density at radius 2 is 2.00 bits per heavy atom. The molecule has 0 unspecified atom stereocenters. The fraction of sp³-hybridized carbons (Fsp3) is 0.647.